The van der Waals surface area contributed by atoms with Crippen LogP contribution in [0.1, 0.15) is 36.2 Å². The highest BCUT2D eigenvalue weighted by Crippen LogP contribution is 2.24. The Kier molecular flexibility index (Phi) is 4.41. The molecule has 1 heterocycles. The van der Waals surface area contributed by atoms with Crippen LogP contribution in [0, 0.1) is 5.92 Å². The van der Waals surface area contributed by atoms with Crippen LogP contribution in [-0.2, 0) is 4.79 Å². The lowest BCUT2D eigenvalue weighted by atomic mass is 9.86. The maximum Gasteiger partial charge on any atom is 0.306 e. The van der Waals surface area contributed by atoms with Gasteiger partial charge in [0, 0.05) is 6.04 Å². The molecule has 0 unspecified atom stereocenters. The number of benzene rings is 1. The quantitative estimate of drug-likeness (QED) is 0.906. The zero-order valence-corrected chi connectivity index (χ0v) is 12.7. The molecule has 1 saturated carbocycles. The largest absolute Gasteiger partial charge is 0.481 e. The lowest BCUT2D eigenvalue weighted by Gasteiger charge is -2.26. The Hall–Kier alpha value is -2.63. The van der Waals surface area contributed by atoms with Gasteiger partial charge in [-0.05, 0) is 43.9 Å². The topological polar surface area (TPSA) is 84.2 Å². The molecule has 1 aromatic heterocycles. The summed E-state index contributed by atoms with van der Waals surface area (Å²) in [5.74, 6) is -1.19. The molecule has 0 spiro atoms. The summed E-state index contributed by atoms with van der Waals surface area (Å²) in [5.41, 5.74) is 1.31. The Bertz CT molecular complexity index is 688. The molecule has 0 radical (unpaired) electrons. The molecule has 0 bridgehead atoms. The number of hydrogen-bond acceptors (Lipinski definition) is 3. The molecule has 1 aliphatic rings. The molecular weight excluding hydrogens is 294 g/mol. The average Bonchev–Trinajstić information content (AvgIpc) is 3.06. The maximum atomic E-state index is 12.5. The maximum absolute atomic E-state index is 12.5. The number of carboxylic acids is 1. The molecule has 2 N–H and O–H groups in total. The SMILES string of the molecule is O=C(NC1CCC(C(=O)O)CC1)c1ccnn1-c1ccccc1. The highest BCUT2D eigenvalue weighted by molar-refractivity contribution is 5.93. The number of aliphatic carboxylic acids is 1. The fraction of sp³-hybridized carbons (Fsp3) is 0.353. The fourth-order valence-corrected chi connectivity index (χ4v) is 2.99. The molecule has 6 nitrogen and oxygen atoms in total. The number of aromatic nitrogens is 2. The molecule has 0 aliphatic heterocycles. The van der Waals surface area contributed by atoms with E-state index in [2.05, 4.69) is 10.4 Å². The summed E-state index contributed by atoms with van der Waals surface area (Å²) in [4.78, 5) is 23.5. The number of amides is 1. The van der Waals surface area contributed by atoms with Crippen molar-refractivity contribution in [3.05, 3.63) is 48.3 Å². The Morgan fingerprint density at radius 2 is 1.78 bits per heavy atom. The van der Waals surface area contributed by atoms with E-state index in [0.717, 1.165) is 5.69 Å². The van der Waals surface area contributed by atoms with Crippen LogP contribution in [0.15, 0.2) is 42.6 Å². The first-order chi connectivity index (χ1) is 11.1. The zero-order valence-electron chi connectivity index (χ0n) is 12.7. The van der Waals surface area contributed by atoms with E-state index in [1.165, 1.54) is 0 Å². The smallest absolute Gasteiger partial charge is 0.306 e. The second-order valence-electron chi connectivity index (χ2n) is 5.82. The van der Waals surface area contributed by atoms with Crippen molar-refractivity contribution in [2.24, 2.45) is 5.92 Å². The van der Waals surface area contributed by atoms with Crippen LogP contribution >= 0.6 is 0 Å². The number of carbonyl (C=O) groups excluding carboxylic acids is 1. The summed E-state index contributed by atoms with van der Waals surface area (Å²) in [6.45, 7) is 0. The third-order valence-corrected chi connectivity index (χ3v) is 4.29. The highest BCUT2D eigenvalue weighted by Gasteiger charge is 2.27. The van der Waals surface area contributed by atoms with Crippen molar-refractivity contribution >= 4 is 11.9 Å². The standard InChI is InChI=1S/C17H19N3O3/c21-16(19-13-8-6-12(7-9-13)17(22)23)15-10-11-18-20(15)14-4-2-1-3-5-14/h1-5,10-13H,6-9H2,(H,19,21)(H,22,23). The third kappa shape index (κ3) is 3.41. The van der Waals surface area contributed by atoms with E-state index in [9.17, 15) is 9.59 Å². The minimum Gasteiger partial charge on any atom is -0.481 e. The Morgan fingerprint density at radius 3 is 2.43 bits per heavy atom. The lowest BCUT2D eigenvalue weighted by Crippen LogP contribution is -2.39. The molecule has 3 rings (SSSR count). The van der Waals surface area contributed by atoms with Crippen molar-refractivity contribution in [2.75, 3.05) is 0 Å². The van der Waals surface area contributed by atoms with E-state index in [0.29, 0.717) is 31.4 Å². The van der Waals surface area contributed by atoms with E-state index in [1.54, 1.807) is 16.9 Å². The number of nitrogens with zero attached hydrogens (tertiary/aromatic N) is 2. The van der Waals surface area contributed by atoms with Gasteiger partial charge in [0.15, 0.2) is 0 Å². The normalized spacial score (nSPS) is 20.9. The number of hydrogen-bond donors (Lipinski definition) is 2. The molecule has 0 saturated heterocycles. The van der Waals surface area contributed by atoms with E-state index >= 15 is 0 Å². The number of nitrogens with one attached hydrogen (secondary N) is 1. The Morgan fingerprint density at radius 1 is 1.09 bits per heavy atom. The molecule has 6 heteroatoms. The van der Waals surface area contributed by atoms with Gasteiger partial charge in [0.1, 0.15) is 5.69 Å². The van der Waals surface area contributed by atoms with E-state index in [-0.39, 0.29) is 17.9 Å². The van der Waals surface area contributed by atoms with Crippen molar-refractivity contribution < 1.29 is 14.7 Å². The summed E-state index contributed by atoms with van der Waals surface area (Å²) in [7, 11) is 0. The van der Waals surface area contributed by atoms with E-state index in [4.69, 9.17) is 5.11 Å². The van der Waals surface area contributed by atoms with Gasteiger partial charge < -0.3 is 10.4 Å². The second-order valence-corrected chi connectivity index (χ2v) is 5.82. The Balaban J connectivity index is 1.66. The molecule has 0 atom stereocenters. The highest BCUT2D eigenvalue weighted by atomic mass is 16.4. The van der Waals surface area contributed by atoms with Gasteiger partial charge in [0.05, 0.1) is 17.8 Å². The first-order valence-electron chi connectivity index (χ1n) is 7.78. The van der Waals surface area contributed by atoms with Crippen molar-refractivity contribution in [2.45, 2.75) is 31.7 Å². The van der Waals surface area contributed by atoms with E-state index in [1.807, 2.05) is 30.3 Å². The summed E-state index contributed by atoms with van der Waals surface area (Å²) in [5, 5.41) is 16.2. The third-order valence-electron chi connectivity index (χ3n) is 4.29. The van der Waals surface area contributed by atoms with Gasteiger partial charge >= 0.3 is 5.97 Å². The van der Waals surface area contributed by atoms with Crippen molar-refractivity contribution in [3.8, 4) is 5.69 Å². The molecule has 1 fully saturated rings. The van der Waals surface area contributed by atoms with Crippen molar-refractivity contribution in [1.29, 1.82) is 0 Å². The summed E-state index contributed by atoms with van der Waals surface area (Å²) >= 11 is 0. The van der Waals surface area contributed by atoms with Crippen LogP contribution in [0.3, 0.4) is 0 Å². The zero-order chi connectivity index (χ0) is 16.2. The minimum atomic E-state index is -0.739. The van der Waals surface area contributed by atoms with Crippen LogP contribution in [0.5, 0.6) is 0 Å². The average molecular weight is 313 g/mol. The van der Waals surface area contributed by atoms with Gasteiger partial charge in [-0.3, -0.25) is 9.59 Å². The first-order valence-corrected chi connectivity index (χ1v) is 7.78. The van der Waals surface area contributed by atoms with Gasteiger partial charge in [0.25, 0.3) is 5.91 Å². The molecule has 23 heavy (non-hydrogen) atoms. The van der Waals surface area contributed by atoms with Crippen LogP contribution in [-0.4, -0.2) is 32.8 Å². The minimum absolute atomic E-state index is 0.0252. The molecular formula is C17H19N3O3. The summed E-state index contributed by atoms with van der Waals surface area (Å²) in [6.07, 6.45) is 4.21. The number of carboxylic acid groups (broad SMARTS) is 1. The lowest BCUT2D eigenvalue weighted by molar-refractivity contribution is -0.142. The van der Waals surface area contributed by atoms with Gasteiger partial charge in [-0.2, -0.15) is 5.10 Å². The molecule has 120 valence electrons. The van der Waals surface area contributed by atoms with Crippen LogP contribution < -0.4 is 5.32 Å². The van der Waals surface area contributed by atoms with Crippen molar-refractivity contribution in [3.63, 3.8) is 0 Å². The summed E-state index contributed by atoms with van der Waals surface area (Å²) < 4.78 is 1.61. The predicted octanol–water partition coefficient (Wildman–Crippen LogP) is 2.25. The van der Waals surface area contributed by atoms with E-state index < -0.39 is 5.97 Å². The van der Waals surface area contributed by atoms with Crippen molar-refractivity contribution in [1.82, 2.24) is 15.1 Å². The molecule has 1 aliphatic carbocycles. The second kappa shape index (κ2) is 6.64. The monoisotopic (exact) mass is 313 g/mol. The molecule has 1 amide bonds. The molecule has 1 aromatic carbocycles. The van der Waals surface area contributed by atoms with Gasteiger partial charge in [-0.15, -0.1) is 0 Å². The first kappa shape index (κ1) is 15.3. The number of rotatable bonds is 4. The van der Waals surface area contributed by atoms with Crippen LogP contribution in [0.4, 0.5) is 0 Å². The number of para-hydroxylation sites is 1. The van der Waals surface area contributed by atoms with Crippen LogP contribution in [0.2, 0.25) is 0 Å². The Labute approximate surface area is 134 Å². The summed E-state index contributed by atoms with van der Waals surface area (Å²) in [6, 6.07) is 11.2. The van der Waals surface area contributed by atoms with Gasteiger partial charge in [-0.25, -0.2) is 4.68 Å². The van der Waals surface area contributed by atoms with Crippen LogP contribution in [0.25, 0.3) is 5.69 Å². The predicted molar refractivity (Wildman–Crippen MR) is 84.4 cm³/mol. The fourth-order valence-electron chi connectivity index (χ4n) is 2.99. The van der Waals surface area contributed by atoms with Gasteiger partial charge in [0.2, 0.25) is 0 Å². The molecule has 2 aromatic rings. The number of carbonyl (C=O) groups is 2. The van der Waals surface area contributed by atoms with Gasteiger partial charge in [-0.1, -0.05) is 18.2 Å².